The zero-order valence-corrected chi connectivity index (χ0v) is 14.4. The maximum Gasteiger partial charge on any atom is 0.319 e. The Morgan fingerprint density at radius 1 is 1.23 bits per heavy atom. The molecule has 0 aliphatic heterocycles. The molecule has 0 bridgehead atoms. The first kappa shape index (κ1) is 16.6. The zero-order valence-electron chi connectivity index (χ0n) is 12.0. The van der Waals surface area contributed by atoms with Crippen LogP contribution in [0.15, 0.2) is 46.9 Å². The molecule has 0 radical (unpaired) electrons. The summed E-state index contributed by atoms with van der Waals surface area (Å²) in [4.78, 5) is 11.8. The highest BCUT2D eigenvalue weighted by Crippen LogP contribution is 2.19. The van der Waals surface area contributed by atoms with Crippen LogP contribution in [-0.4, -0.2) is 19.2 Å². The predicted molar refractivity (Wildman–Crippen MR) is 92.8 cm³/mol. The lowest BCUT2D eigenvalue weighted by atomic mass is 10.2. The smallest absolute Gasteiger partial charge is 0.319 e. The number of benzene rings is 2. The third-order valence-corrected chi connectivity index (χ3v) is 4.03. The molecule has 0 aromatic heterocycles. The van der Waals surface area contributed by atoms with Crippen LogP contribution in [0.3, 0.4) is 0 Å². The maximum atomic E-state index is 11.8. The van der Waals surface area contributed by atoms with Crippen molar-refractivity contribution in [2.45, 2.75) is 6.92 Å². The zero-order chi connectivity index (χ0) is 15.9. The van der Waals surface area contributed by atoms with E-state index in [0.717, 1.165) is 21.5 Å². The highest BCUT2D eigenvalue weighted by Gasteiger charge is 2.03. The SMILES string of the molecule is Cc1cc(NC(=O)NCCOc2ccc(Cl)cc2)ccc1Br. The number of amides is 2. The lowest BCUT2D eigenvalue weighted by molar-refractivity contribution is 0.247. The third-order valence-electron chi connectivity index (χ3n) is 2.89. The van der Waals surface area contributed by atoms with Gasteiger partial charge < -0.3 is 15.4 Å². The molecule has 116 valence electrons. The predicted octanol–water partition coefficient (Wildman–Crippen LogP) is 4.61. The van der Waals surface area contributed by atoms with Crippen LogP contribution >= 0.6 is 27.5 Å². The average molecular weight is 384 g/mol. The summed E-state index contributed by atoms with van der Waals surface area (Å²) >= 11 is 9.21. The summed E-state index contributed by atoms with van der Waals surface area (Å²) in [5.74, 6) is 0.718. The van der Waals surface area contributed by atoms with E-state index in [-0.39, 0.29) is 6.03 Å². The lowest BCUT2D eigenvalue weighted by Gasteiger charge is -2.10. The molecular formula is C16H16BrClN2O2. The molecule has 2 amide bonds. The van der Waals surface area contributed by atoms with Crippen molar-refractivity contribution in [1.29, 1.82) is 0 Å². The summed E-state index contributed by atoms with van der Waals surface area (Å²) in [5.41, 5.74) is 1.81. The Bertz CT molecular complexity index is 647. The summed E-state index contributed by atoms with van der Waals surface area (Å²) < 4.78 is 6.50. The first-order valence-corrected chi connectivity index (χ1v) is 7.91. The molecule has 0 aliphatic rings. The minimum atomic E-state index is -0.263. The van der Waals surface area contributed by atoms with Gasteiger partial charge in [-0.2, -0.15) is 0 Å². The molecular weight excluding hydrogens is 368 g/mol. The van der Waals surface area contributed by atoms with E-state index >= 15 is 0 Å². The topological polar surface area (TPSA) is 50.4 Å². The first-order chi connectivity index (χ1) is 10.5. The molecule has 0 saturated carbocycles. The number of aryl methyl sites for hydroxylation is 1. The number of ether oxygens (including phenoxy) is 1. The van der Waals surface area contributed by atoms with Gasteiger partial charge in [-0.3, -0.25) is 0 Å². The number of halogens is 2. The minimum Gasteiger partial charge on any atom is -0.492 e. The number of rotatable bonds is 5. The molecule has 0 saturated heterocycles. The normalized spacial score (nSPS) is 10.1. The summed E-state index contributed by atoms with van der Waals surface area (Å²) in [6, 6.07) is 12.4. The Balaban J connectivity index is 1.71. The van der Waals surface area contributed by atoms with E-state index in [4.69, 9.17) is 16.3 Å². The van der Waals surface area contributed by atoms with Crippen LogP contribution in [0.2, 0.25) is 5.02 Å². The van der Waals surface area contributed by atoms with Crippen LogP contribution < -0.4 is 15.4 Å². The van der Waals surface area contributed by atoms with Gasteiger partial charge in [0.2, 0.25) is 0 Å². The highest BCUT2D eigenvalue weighted by atomic mass is 79.9. The van der Waals surface area contributed by atoms with Crippen molar-refractivity contribution in [2.75, 3.05) is 18.5 Å². The van der Waals surface area contributed by atoms with Crippen LogP contribution in [0.5, 0.6) is 5.75 Å². The molecule has 2 rings (SSSR count). The number of urea groups is 1. The van der Waals surface area contributed by atoms with Gasteiger partial charge in [0.05, 0.1) is 6.54 Å². The molecule has 0 aliphatic carbocycles. The van der Waals surface area contributed by atoms with Gasteiger partial charge >= 0.3 is 6.03 Å². The molecule has 0 spiro atoms. The second-order valence-electron chi connectivity index (χ2n) is 4.65. The van der Waals surface area contributed by atoms with Gasteiger partial charge in [0, 0.05) is 15.2 Å². The maximum absolute atomic E-state index is 11.8. The van der Waals surface area contributed by atoms with Crippen LogP contribution in [0.1, 0.15) is 5.56 Å². The fourth-order valence-corrected chi connectivity index (χ4v) is 2.13. The van der Waals surface area contributed by atoms with E-state index in [1.54, 1.807) is 24.3 Å². The van der Waals surface area contributed by atoms with Gasteiger partial charge in [-0.25, -0.2) is 4.79 Å². The number of carbonyl (C=O) groups excluding carboxylic acids is 1. The summed E-state index contributed by atoms with van der Waals surface area (Å²) in [6.07, 6.45) is 0. The van der Waals surface area contributed by atoms with Gasteiger partial charge in [0.1, 0.15) is 12.4 Å². The van der Waals surface area contributed by atoms with Gasteiger partial charge in [-0.1, -0.05) is 27.5 Å². The molecule has 0 atom stereocenters. The molecule has 2 aromatic rings. The van der Waals surface area contributed by atoms with E-state index in [9.17, 15) is 4.79 Å². The summed E-state index contributed by atoms with van der Waals surface area (Å²) in [7, 11) is 0. The van der Waals surface area contributed by atoms with Crippen molar-refractivity contribution in [2.24, 2.45) is 0 Å². The molecule has 4 nitrogen and oxygen atoms in total. The Hall–Kier alpha value is -1.72. The number of anilines is 1. The number of hydrogen-bond donors (Lipinski definition) is 2. The molecule has 22 heavy (non-hydrogen) atoms. The molecule has 0 heterocycles. The second kappa shape index (κ2) is 8.06. The van der Waals surface area contributed by atoms with E-state index in [0.29, 0.717) is 18.2 Å². The Kier molecular flexibility index (Phi) is 6.10. The first-order valence-electron chi connectivity index (χ1n) is 6.74. The van der Waals surface area contributed by atoms with Crippen molar-refractivity contribution < 1.29 is 9.53 Å². The summed E-state index contributed by atoms with van der Waals surface area (Å²) in [5, 5.41) is 6.17. The highest BCUT2D eigenvalue weighted by molar-refractivity contribution is 9.10. The van der Waals surface area contributed by atoms with Gasteiger partial charge in [0.15, 0.2) is 0 Å². The third kappa shape index (κ3) is 5.24. The Morgan fingerprint density at radius 3 is 2.64 bits per heavy atom. The van der Waals surface area contributed by atoms with Crippen molar-refractivity contribution in [3.8, 4) is 5.75 Å². The van der Waals surface area contributed by atoms with Gasteiger partial charge in [-0.05, 0) is 55.0 Å². The van der Waals surface area contributed by atoms with Crippen LogP contribution in [0, 0.1) is 6.92 Å². The van der Waals surface area contributed by atoms with Crippen molar-refractivity contribution in [3.63, 3.8) is 0 Å². The minimum absolute atomic E-state index is 0.263. The van der Waals surface area contributed by atoms with Crippen LogP contribution in [-0.2, 0) is 0 Å². The van der Waals surface area contributed by atoms with Crippen molar-refractivity contribution in [3.05, 3.63) is 57.5 Å². The fraction of sp³-hybridized carbons (Fsp3) is 0.188. The van der Waals surface area contributed by atoms with Gasteiger partial charge in [0.25, 0.3) is 0 Å². The Morgan fingerprint density at radius 2 is 1.95 bits per heavy atom. The monoisotopic (exact) mass is 382 g/mol. The van der Waals surface area contributed by atoms with E-state index in [1.807, 2.05) is 25.1 Å². The van der Waals surface area contributed by atoms with E-state index in [2.05, 4.69) is 26.6 Å². The van der Waals surface area contributed by atoms with Crippen LogP contribution in [0.4, 0.5) is 10.5 Å². The molecule has 6 heteroatoms. The van der Waals surface area contributed by atoms with Crippen molar-refractivity contribution in [1.82, 2.24) is 5.32 Å². The summed E-state index contributed by atoms with van der Waals surface area (Å²) in [6.45, 7) is 2.76. The number of carbonyl (C=O) groups is 1. The second-order valence-corrected chi connectivity index (χ2v) is 5.94. The molecule has 2 aromatic carbocycles. The van der Waals surface area contributed by atoms with E-state index < -0.39 is 0 Å². The van der Waals surface area contributed by atoms with Crippen molar-refractivity contribution >= 4 is 39.2 Å². The number of nitrogens with one attached hydrogen (secondary N) is 2. The van der Waals surface area contributed by atoms with E-state index in [1.165, 1.54) is 0 Å². The molecule has 0 fully saturated rings. The lowest BCUT2D eigenvalue weighted by Crippen LogP contribution is -2.32. The average Bonchev–Trinajstić information content (AvgIpc) is 2.49. The quantitative estimate of drug-likeness (QED) is 0.741. The largest absolute Gasteiger partial charge is 0.492 e. The standard InChI is InChI=1S/C16H16BrClN2O2/c1-11-10-13(4-7-15(11)17)20-16(21)19-8-9-22-14-5-2-12(18)3-6-14/h2-7,10H,8-9H2,1H3,(H2,19,20,21). The molecule has 0 unspecified atom stereocenters. The van der Waals surface area contributed by atoms with Crippen LogP contribution in [0.25, 0.3) is 0 Å². The fourth-order valence-electron chi connectivity index (χ4n) is 1.76. The number of hydrogen-bond acceptors (Lipinski definition) is 2. The van der Waals surface area contributed by atoms with Gasteiger partial charge in [-0.15, -0.1) is 0 Å². The molecule has 2 N–H and O–H groups in total. The Labute approximate surface area is 142 Å².